The maximum atomic E-state index is 6.62. The summed E-state index contributed by atoms with van der Waals surface area (Å²) < 4.78 is 20.0. The highest BCUT2D eigenvalue weighted by Gasteiger charge is 2.55. The Balaban J connectivity index is 1.50. The van der Waals surface area contributed by atoms with E-state index in [0.717, 1.165) is 18.5 Å². The third-order valence-electron chi connectivity index (χ3n) is 6.33. The number of hydrogen-bond acceptors (Lipinski definition) is 7. The second-order valence-electron chi connectivity index (χ2n) is 8.69. The first-order valence-electron chi connectivity index (χ1n) is 10.4. The lowest BCUT2D eigenvalue weighted by molar-refractivity contribution is -0.190. The van der Waals surface area contributed by atoms with Crippen LogP contribution in [0.15, 0.2) is 12.7 Å². The van der Waals surface area contributed by atoms with Crippen molar-refractivity contribution in [2.75, 3.05) is 0 Å². The van der Waals surface area contributed by atoms with Gasteiger partial charge in [0.25, 0.3) is 0 Å². The minimum atomic E-state index is -0.716. The molecule has 3 aliphatic rings. The van der Waals surface area contributed by atoms with Crippen LogP contribution in [0.3, 0.4) is 0 Å². The molecule has 8 heteroatoms. The van der Waals surface area contributed by atoms with Gasteiger partial charge in [0, 0.05) is 0 Å². The van der Waals surface area contributed by atoms with Crippen LogP contribution in [0.5, 0.6) is 0 Å². The molecule has 2 aromatic rings. The Labute approximate surface area is 170 Å². The number of aromatic nitrogens is 4. The summed E-state index contributed by atoms with van der Waals surface area (Å²) in [5.74, 6) is 2.38. The summed E-state index contributed by atoms with van der Waals surface area (Å²) in [6.45, 7) is 3.76. The van der Waals surface area contributed by atoms with E-state index in [1.807, 2.05) is 18.4 Å². The van der Waals surface area contributed by atoms with Crippen LogP contribution in [0, 0.1) is 18.3 Å². The largest absolute Gasteiger partial charge is 0.341 e. The van der Waals surface area contributed by atoms with Crippen molar-refractivity contribution >= 4 is 11.2 Å². The smallest absolute Gasteiger partial charge is 0.167 e. The van der Waals surface area contributed by atoms with Crippen molar-refractivity contribution < 1.29 is 14.2 Å². The van der Waals surface area contributed by atoms with Gasteiger partial charge in [0.1, 0.15) is 30.2 Å². The van der Waals surface area contributed by atoms with Crippen molar-refractivity contribution in [1.29, 1.82) is 0 Å². The molecule has 0 amide bonds. The molecule has 1 saturated carbocycles. The average Bonchev–Trinajstić information content (AvgIpc) is 3.38. The zero-order chi connectivity index (χ0) is 20.2. The van der Waals surface area contributed by atoms with Gasteiger partial charge in [0.2, 0.25) is 0 Å². The average molecular weight is 397 g/mol. The molecule has 2 N–H and O–H groups in total. The van der Waals surface area contributed by atoms with Crippen LogP contribution in [0.2, 0.25) is 0 Å². The number of imidazole rings is 1. The lowest BCUT2D eigenvalue weighted by atomic mass is 9.83. The highest BCUT2D eigenvalue weighted by molar-refractivity contribution is 5.73. The first-order valence-corrected chi connectivity index (χ1v) is 10.4. The molecule has 154 valence electrons. The zero-order valence-electron chi connectivity index (χ0n) is 16.8. The SMILES string of the molecule is C#CC1OC(n2cnc3c(C(N)C4CCCCC4)ncnc32)C2OC(C)(C)OC12. The molecule has 0 radical (unpaired) electrons. The van der Waals surface area contributed by atoms with Crippen LogP contribution >= 0.6 is 0 Å². The van der Waals surface area contributed by atoms with Gasteiger partial charge in [-0.15, -0.1) is 6.42 Å². The Morgan fingerprint density at radius 2 is 1.93 bits per heavy atom. The van der Waals surface area contributed by atoms with Gasteiger partial charge in [-0.3, -0.25) is 4.57 Å². The van der Waals surface area contributed by atoms with Crippen LogP contribution in [0.4, 0.5) is 0 Å². The molecule has 5 atom stereocenters. The molecule has 1 aliphatic carbocycles. The van der Waals surface area contributed by atoms with Crippen LogP contribution in [0.25, 0.3) is 11.2 Å². The summed E-state index contributed by atoms with van der Waals surface area (Å²) >= 11 is 0. The lowest BCUT2D eigenvalue weighted by Crippen LogP contribution is -2.28. The minimum absolute atomic E-state index is 0.148. The molecule has 0 bridgehead atoms. The molecule has 2 saturated heterocycles. The van der Waals surface area contributed by atoms with E-state index in [1.165, 1.54) is 19.3 Å². The monoisotopic (exact) mass is 397 g/mol. The van der Waals surface area contributed by atoms with Gasteiger partial charge in [-0.1, -0.05) is 25.2 Å². The van der Waals surface area contributed by atoms with Crippen molar-refractivity contribution in [3.63, 3.8) is 0 Å². The molecule has 0 spiro atoms. The summed E-state index contributed by atoms with van der Waals surface area (Å²) in [4.78, 5) is 13.6. The maximum Gasteiger partial charge on any atom is 0.167 e. The number of fused-ring (bicyclic) bond motifs is 2. The standard InChI is InChI=1S/C21H27N5O3/c1-4-13-17-18(29-21(2,3)28-17)20(27-13)26-11-25-16-15(23-10-24-19(16)26)14(22)12-8-6-5-7-9-12/h1,10-14,17-18,20H,5-9,22H2,2-3H3. The Bertz CT molecular complexity index is 945. The summed E-state index contributed by atoms with van der Waals surface area (Å²) in [6.07, 6.45) is 13.3. The molecule has 2 aliphatic heterocycles. The molecule has 2 aromatic heterocycles. The highest BCUT2D eigenvalue weighted by atomic mass is 16.8. The quantitative estimate of drug-likeness (QED) is 0.795. The van der Waals surface area contributed by atoms with Crippen LogP contribution in [-0.4, -0.2) is 43.6 Å². The van der Waals surface area contributed by atoms with Crippen molar-refractivity contribution in [2.24, 2.45) is 11.7 Å². The Hall–Kier alpha value is -2.05. The third-order valence-corrected chi connectivity index (χ3v) is 6.33. The topological polar surface area (TPSA) is 97.3 Å². The van der Waals surface area contributed by atoms with Gasteiger partial charge >= 0.3 is 0 Å². The number of ether oxygens (including phenoxy) is 3. The summed E-state index contributed by atoms with van der Waals surface area (Å²) in [5.41, 5.74) is 8.81. The molecule has 8 nitrogen and oxygen atoms in total. The Kier molecular flexibility index (Phi) is 4.59. The van der Waals surface area contributed by atoms with Gasteiger partial charge in [0.15, 0.2) is 17.7 Å². The minimum Gasteiger partial charge on any atom is -0.341 e. The maximum absolute atomic E-state index is 6.62. The van der Waals surface area contributed by atoms with E-state index in [-0.39, 0.29) is 18.2 Å². The summed E-state index contributed by atoms with van der Waals surface area (Å²) in [5, 5.41) is 0. The van der Waals surface area contributed by atoms with Crippen LogP contribution in [-0.2, 0) is 14.2 Å². The van der Waals surface area contributed by atoms with Gasteiger partial charge in [-0.2, -0.15) is 0 Å². The fraction of sp³-hybridized carbons (Fsp3) is 0.667. The van der Waals surface area contributed by atoms with Crippen LogP contribution < -0.4 is 5.73 Å². The lowest BCUT2D eigenvalue weighted by Gasteiger charge is -2.27. The van der Waals surface area contributed by atoms with Crippen molar-refractivity contribution in [2.45, 2.75) is 82.3 Å². The van der Waals surface area contributed by atoms with E-state index in [2.05, 4.69) is 20.9 Å². The van der Waals surface area contributed by atoms with Crippen molar-refractivity contribution in [3.05, 3.63) is 18.3 Å². The molecule has 29 heavy (non-hydrogen) atoms. The van der Waals surface area contributed by atoms with E-state index >= 15 is 0 Å². The van der Waals surface area contributed by atoms with Gasteiger partial charge < -0.3 is 19.9 Å². The Morgan fingerprint density at radius 3 is 2.69 bits per heavy atom. The summed E-state index contributed by atoms with van der Waals surface area (Å²) in [6, 6.07) is -0.148. The van der Waals surface area contributed by atoms with E-state index in [1.54, 1.807) is 12.7 Å². The molecular weight excluding hydrogens is 370 g/mol. The van der Waals surface area contributed by atoms with Crippen LogP contribution in [0.1, 0.15) is 63.9 Å². The van der Waals surface area contributed by atoms with E-state index < -0.39 is 18.1 Å². The van der Waals surface area contributed by atoms with E-state index in [4.69, 9.17) is 26.4 Å². The second-order valence-corrected chi connectivity index (χ2v) is 8.69. The van der Waals surface area contributed by atoms with Crippen molar-refractivity contribution in [3.8, 4) is 12.3 Å². The first-order chi connectivity index (χ1) is 14.0. The van der Waals surface area contributed by atoms with Gasteiger partial charge in [0.05, 0.1) is 18.1 Å². The molecule has 5 rings (SSSR count). The van der Waals surface area contributed by atoms with Gasteiger partial charge in [-0.05, 0) is 32.6 Å². The first kappa shape index (κ1) is 18.9. The number of nitrogens with two attached hydrogens (primary N) is 1. The van der Waals surface area contributed by atoms with E-state index in [9.17, 15) is 0 Å². The molecule has 5 unspecified atom stereocenters. The third kappa shape index (κ3) is 3.13. The number of rotatable bonds is 3. The summed E-state index contributed by atoms with van der Waals surface area (Å²) in [7, 11) is 0. The Morgan fingerprint density at radius 1 is 1.17 bits per heavy atom. The van der Waals surface area contributed by atoms with Crippen molar-refractivity contribution in [1.82, 2.24) is 19.5 Å². The fourth-order valence-corrected chi connectivity index (χ4v) is 4.95. The van der Waals surface area contributed by atoms with E-state index in [0.29, 0.717) is 17.1 Å². The number of nitrogens with zero attached hydrogens (tertiary/aromatic N) is 4. The molecule has 4 heterocycles. The zero-order valence-corrected chi connectivity index (χ0v) is 16.8. The predicted molar refractivity (Wildman–Crippen MR) is 105 cm³/mol. The molecule has 3 fully saturated rings. The normalized spacial score (nSPS) is 32.9. The number of hydrogen-bond donors (Lipinski definition) is 1. The number of terminal acetylenes is 1. The fourth-order valence-electron chi connectivity index (χ4n) is 4.95. The second kappa shape index (κ2) is 7.03. The highest BCUT2D eigenvalue weighted by Crippen LogP contribution is 2.44. The molecular formula is C21H27N5O3. The van der Waals surface area contributed by atoms with Gasteiger partial charge in [-0.25, -0.2) is 15.0 Å². The predicted octanol–water partition coefficient (Wildman–Crippen LogP) is 2.46. The molecule has 0 aromatic carbocycles.